The average Bonchev–Trinajstić information content (AvgIpc) is 2.77. The first kappa shape index (κ1) is 15.7. The second-order valence-corrected chi connectivity index (χ2v) is 4.98. The highest BCUT2D eigenvalue weighted by Crippen LogP contribution is 2.14. The lowest BCUT2D eigenvalue weighted by Crippen LogP contribution is -2.00. The Hall–Kier alpha value is -2.69. The van der Waals surface area contributed by atoms with Crippen molar-refractivity contribution >= 4 is 17.8 Å². The van der Waals surface area contributed by atoms with Crippen LogP contribution in [0.25, 0.3) is 6.08 Å². The molecule has 22 heavy (non-hydrogen) atoms. The van der Waals surface area contributed by atoms with Crippen LogP contribution in [0.4, 0.5) is 0 Å². The number of carbonyl (C=O) groups excluding carboxylic acids is 2. The SMILES string of the molecule is COC(=O)c1ccc(/C=C/C(=O)c2c(C)nn(C)c2C)cc1. The highest BCUT2D eigenvalue weighted by Gasteiger charge is 2.14. The summed E-state index contributed by atoms with van der Waals surface area (Å²) in [6.45, 7) is 3.69. The van der Waals surface area contributed by atoms with E-state index in [2.05, 4.69) is 9.84 Å². The van der Waals surface area contributed by atoms with Crippen molar-refractivity contribution in [2.24, 2.45) is 7.05 Å². The van der Waals surface area contributed by atoms with Crippen LogP contribution < -0.4 is 0 Å². The molecule has 0 unspecified atom stereocenters. The van der Waals surface area contributed by atoms with Crippen LogP contribution in [0, 0.1) is 13.8 Å². The zero-order valence-corrected chi connectivity index (χ0v) is 13.1. The van der Waals surface area contributed by atoms with E-state index in [9.17, 15) is 9.59 Å². The van der Waals surface area contributed by atoms with Crippen LogP contribution in [-0.4, -0.2) is 28.6 Å². The van der Waals surface area contributed by atoms with E-state index in [-0.39, 0.29) is 11.8 Å². The van der Waals surface area contributed by atoms with Gasteiger partial charge in [-0.1, -0.05) is 18.2 Å². The molecule has 5 nitrogen and oxygen atoms in total. The summed E-state index contributed by atoms with van der Waals surface area (Å²) in [5.74, 6) is -0.464. The number of nitrogens with zero attached hydrogens (tertiary/aromatic N) is 2. The van der Waals surface area contributed by atoms with Crippen LogP contribution in [0.15, 0.2) is 30.3 Å². The lowest BCUT2D eigenvalue weighted by molar-refractivity contribution is 0.0600. The van der Waals surface area contributed by atoms with Gasteiger partial charge in [0, 0.05) is 12.7 Å². The molecule has 0 spiro atoms. The Labute approximate surface area is 129 Å². The minimum absolute atomic E-state index is 0.0832. The molecular formula is C17H18N2O3. The van der Waals surface area contributed by atoms with Gasteiger partial charge in [0.1, 0.15) is 0 Å². The molecule has 1 heterocycles. The van der Waals surface area contributed by atoms with Gasteiger partial charge in [-0.15, -0.1) is 0 Å². The van der Waals surface area contributed by atoms with Crippen LogP contribution in [0.2, 0.25) is 0 Å². The molecule has 2 aromatic rings. The van der Waals surface area contributed by atoms with Crippen molar-refractivity contribution in [2.45, 2.75) is 13.8 Å². The molecule has 0 aliphatic heterocycles. The van der Waals surface area contributed by atoms with E-state index in [0.29, 0.717) is 11.1 Å². The number of aryl methyl sites for hydroxylation is 2. The van der Waals surface area contributed by atoms with Crippen LogP contribution in [0.1, 0.15) is 37.7 Å². The molecule has 0 radical (unpaired) electrons. The number of ether oxygens (including phenoxy) is 1. The predicted molar refractivity (Wildman–Crippen MR) is 83.8 cm³/mol. The van der Waals surface area contributed by atoms with Gasteiger partial charge in [-0.2, -0.15) is 5.10 Å². The second kappa shape index (κ2) is 6.39. The van der Waals surface area contributed by atoms with Crippen LogP contribution in [0.3, 0.4) is 0 Å². The molecule has 0 fully saturated rings. The van der Waals surface area contributed by atoms with Crippen molar-refractivity contribution in [3.63, 3.8) is 0 Å². The van der Waals surface area contributed by atoms with E-state index in [1.54, 1.807) is 35.0 Å². The van der Waals surface area contributed by atoms with Crippen LogP contribution >= 0.6 is 0 Å². The van der Waals surface area contributed by atoms with E-state index in [4.69, 9.17) is 0 Å². The second-order valence-electron chi connectivity index (χ2n) is 4.98. The fourth-order valence-electron chi connectivity index (χ4n) is 2.23. The maximum atomic E-state index is 12.3. The number of allylic oxidation sites excluding steroid dienone is 1. The fourth-order valence-corrected chi connectivity index (χ4v) is 2.23. The Balaban J connectivity index is 2.18. The van der Waals surface area contributed by atoms with Crippen molar-refractivity contribution < 1.29 is 14.3 Å². The van der Waals surface area contributed by atoms with Crippen molar-refractivity contribution in [2.75, 3.05) is 7.11 Å². The van der Waals surface area contributed by atoms with Gasteiger partial charge in [-0.05, 0) is 37.6 Å². The standard InChI is InChI=1S/C17H18N2O3/c1-11-16(12(2)19(3)18-11)15(20)10-7-13-5-8-14(9-6-13)17(21)22-4/h5-10H,1-4H3/b10-7+. The van der Waals surface area contributed by atoms with Gasteiger partial charge in [0.25, 0.3) is 0 Å². The molecule has 0 aliphatic rings. The smallest absolute Gasteiger partial charge is 0.337 e. The number of hydrogen-bond acceptors (Lipinski definition) is 4. The van der Waals surface area contributed by atoms with E-state index in [1.807, 2.05) is 20.9 Å². The van der Waals surface area contributed by atoms with E-state index >= 15 is 0 Å². The summed E-state index contributed by atoms with van der Waals surface area (Å²) in [7, 11) is 3.15. The zero-order chi connectivity index (χ0) is 16.3. The maximum absolute atomic E-state index is 12.3. The molecule has 5 heteroatoms. The molecule has 0 saturated carbocycles. The molecule has 1 aromatic carbocycles. The maximum Gasteiger partial charge on any atom is 0.337 e. The molecule has 1 aromatic heterocycles. The lowest BCUT2D eigenvalue weighted by atomic mass is 10.1. The number of rotatable bonds is 4. The molecule has 0 bridgehead atoms. The number of carbonyl (C=O) groups is 2. The Kier molecular flexibility index (Phi) is 4.56. The number of aromatic nitrogens is 2. The number of methoxy groups -OCH3 is 1. The number of benzene rings is 1. The average molecular weight is 298 g/mol. The monoisotopic (exact) mass is 298 g/mol. The Morgan fingerprint density at radius 2 is 1.82 bits per heavy atom. The van der Waals surface area contributed by atoms with Crippen molar-refractivity contribution in [1.82, 2.24) is 9.78 Å². The summed E-state index contributed by atoms with van der Waals surface area (Å²) in [4.78, 5) is 23.6. The van der Waals surface area contributed by atoms with Gasteiger partial charge in [-0.25, -0.2) is 4.79 Å². The van der Waals surface area contributed by atoms with Crippen LogP contribution in [-0.2, 0) is 11.8 Å². The fraction of sp³-hybridized carbons (Fsp3) is 0.235. The first-order valence-corrected chi connectivity index (χ1v) is 6.85. The van der Waals surface area contributed by atoms with Crippen molar-refractivity contribution in [3.8, 4) is 0 Å². The highest BCUT2D eigenvalue weighted by atomic mass is 16.5. The third kappa shape index (κ3) is 3.14. The number of ketones is 1. The minimum Gasteiger partial charge on any atom is -0.465 e. The molecule has 0 amide bonds. The summed E-state index contributed by atoms with van der Waals surface area (Å²) < 4.78 is 6.34. The lowest BCUT2D eigenvalue weighted by Gasteiger charge is -2.00. The van der Waals surface area contributed by atoms with Gasteiger partial charge >= 0.3 is 5.97 Å². The highest BCUT2D eigenvalue weighted by molar-refractivity contribution is 6.08. The van der Waals surface area contributed by atoms with Gasteiger partial charge in [-0.3, -0.25) is 9.48 Å². The Morgan fingerprint density at radius 1 is 1.18 bits per heavy atom. The van der Waals surface area contributed by atoms with Gasteiger partial charge < -0.3 is 4.74 Å². The quantitative estimate of drug-likeness (QED) is 0.494. The number of esters is 1. The number of hydrogen-bond donors (Lipinski definition) is 0. The summed E-state index contributed by atoms with van der Waals surface area (Å²) >= 11 is 0. The topological polar surface area (TPSA) is 61.2 Å². The van der Waals surface area contributed by atoms with Crippen LogP contribution in [0.5, 0.6) is 0 Å². The van der Waals surface area contributed by atoms with E-state index in [0.717, 1.165) is 17.0 Å². The third-order valence-corrected chi connectivity index (χ3v) is 3.51. The van der Waals surface area contributed by atoms with E-state index in [1.165, 1.54) is 13.2 Å². The molecule has 2 rings (SSSR count). The zero-order valence-electron chi connectivity index (χ0n) is 13.1. The third-order valence-electron chi connectivity index (χ3n) is 3.51. The molecule has 0 atom stereocenters. The largest absolute Gasteiger partial charge is 0.465 e. The normalized spacial score (nSPS) is 10.9. The summed E-state index contributed by atoms with van der Waals surface area (Å²) in [6, 6.07) is 6.85. The summed E-state index contributed by atoms with van der Waals surface area (Å²) in [5.41, 5.74) is 3.50. The predicted octanol–water partition coefficient (Wildman–Crippen LogP) is 2.72. The summed E-state index contributed by atoms with van der Waals surface area (Å²) in [5, 5.41) is 4.24. The molecular weight excluding hydrogens is 280 g/mol. The molecule has 114 valence electrons. The summed E-state index contributed by atoms with van der Waals surface area (Å²) in [6.07, 6.45) is 3.24. The molecule has 0 aliphatic carbocycles. The minimum atomic E-state index is -0.381. The first-order chi connectivity index (χ1) is 10.4. The van der Waals surface area contributed by atoms with Gasteiger partial charge in [0.2, 0.25) is 0 Å². The van der Waals surface area contributed by atoms with Crippen molar-refractivity contribution in [3.05, 3.63) is 58.4 Å². The first-order valence-electron chi connectivity index (χ1n) is 6.85. The molecule has 0 N–H and O–H groups in total. The Bertz CT molecular complexity index is 740. The van der Waals surface area contributed by atoms with Gasteiger partial charge in [0.15, 0.2) is 5.78 Å². The van der Waals surface area contributed by atoms with E-state index < -0.39 is 0 Å². The Morgan fingerprint density at radius 3 is 2.32 bits per heavy atom. The van der Waals surface area contributed by atoms with Crippen molar-refractivity contribution in [1.29, 1.82) is 0 Å². The van der Waals surface area contributed by atoms with Gasteiger partial charge in [0.05, 0.1) is 23.9 Å². The molecule has 0 saturated heterocycles.